The Morgan fingerprint density at radius 1 is 1.00 bits per heavy atom. The van der Waals surface area contributed by atoms with Crippen molar-refractivity contribution < 1.29 is 29.0 Å². The molecule has 1 unspecified atom stereocenters. The first-order chi connectivity index (χ1) is 16.8. The van der Waals surface area contributed by atoms with Gasteiger partial charge in [0, 0.05) is 16.3 Å². The molecule has 7 nitrogen and oxygen atoms in total. The van der Waals surface area contributed by atoms with Gasteiger partial charge in [0.25, 0.3) is 11.7 Å². The van der Waals surface area contributed by atoms with E-state index in [0.717, 1.165) is 0 Å². The molecular weight excluding hydrogens is 470 g/mol. The van der Waals surface area contributed by atoms with Crippen molar-refractivity contribution in [2.24, 2.45) is 0 Å². The van der Waals surface area contributed by atoms with Gasteiger partial charge in [-0.05, 0) is 73.2 Å². The minimum Gasteiger partial charge on any atom is -0.507 e. The van der Waals surface area contributed by atoms with E-state index in [1.165, 1.54) is 24.1 Å². The first kappa shape index (κ1) is 24.0. The van der Waals surface area contributed by atoms with Crippen LogP contribution in [0, 0.1) is 0 Å². The highest BCUT2D eigenvalue weighted by atomic mass is 35.5. The fraction of sp³-hybridized carbons (Fsp3) is 0.148. The van der Waals surface area contributed by atoms with Crippen LogP contribution >= 0.6 is 11.6 Å². The fourth-order valence-corrected chi connectivity index (χ4v) is 4.09. The molecule has 178 valence electrons. The lowest BCUT2D eigenvalue weighted by Crippen LogP contribution is -2.29. The van der Waals surface area contributed by atoms with Gasteiger partial charge in [-0.15, -0.1) is 0 Å². The number of anilines is 1. The van der Waals surface area contributed by atoms with E-state index < -0.39 is 23.7 Å². The zero-order valence-electron chi connectivity index (χ0n) is 19.0. The number of Topliss-reactive ketones (excluding diaryl/α,β-unsaturated/α-hetero) is 1. The molecule has 0 bridgehead atoms. The molecule has 1 saturated heterocycles. The largest absolute Gasteiger partial charge is 0.507 e. The topological polar surface area (TPSA) is 93.1 Å². The Morgan fingerprint density at radius 3 is 2.29 bits per heavy atom. The summed E-state index contributed by atoms with van der Waals surface area (Å²) in [7, 11) is 1.51. The number of amides is 1. The molecule has 4 rings (SSSR count). The van der Waals surface area contributed by atoms with Crippen LogP contribution in [0.15, 0.2) is 78.4 Å². The second-order valence-electron chi connectivity index (χ2n) is 7.72. The molecule has 1 atom stereocenters. The Labute approximate surface area is 207 Å². The molecule has 0 aromatic heterocycles. The van der Waals surface area contributed by atoms with Gasteiger partial charge in [0.1, 0.15) is 11.5 Å². The van der Waals surface area contributed by atoms with E-state index in [2.05, 4.69) is 0 Å². The van der Waals surface area contributed by atoms with Crippen molar-refractivity contribution in [2.75, 3.05) is 18.6 Å². The molecular formula is C27H22ClNO6. The predicted molar refractivity (Wildman–Crippen MR) is 132 cm³/mol. The number of rotatable bonds is 6. The molecule has 0 saturated carbocycles. The van der Waals surface area contributed by atoms with E-state index >= 15 is 0 Å². The molecule has 0 spiro atoms. The lowest BCUT2D eigenvalue weighted by molar-refractivity contribution is -0.132. The van der Waals surface area contributed by atoms with Crippen molar-refractivity contribution >= 4 is 40.7 Å². The van der Waals surface area contributed by atoms with E-state index in [-0.39, 0.29) is 17.9 Å². The number of carbonyl (C=O) groups excluding carboxylic acids is 3. The minimum atomic E-state index is -0.936. The smallest absolute Gasteiger partial charge is 0.338 e. The third-order valence-electron chi connectivity index (χ3n) is 5.63. The maximum atomic E-state index is 13.3. The van der Waals surface area contributed by atoms with Gasteiger partial charge in [-0.2, -0.15) is 0 Å². The lowest BCUT2D eigenvalue weighted by Gasteiger charge is -2.26. The molecule has 0 aliphatic carbocycles. The Kier molecular flexibility index (Phi) is 6.89. The maximum Gasteiger partial charge on any atom is 0.338 e. The van der Waals surface area contributed by atoms with Crippen LogP contribution in [0.3, 0.4) is 0 Å². The quantitative estimate of drug-likeness (QED) is 0.222. The molecule has 1 N–H and O–H groups in total. The summed E-state index contributed by atoms with van der Waals surface area (Å²) in [5, 5.41) is 11.6. The first-order valence-electron chi connectivity index (χ1n) is 10.8. The summed E-state index contributed by atoms with van der Waals surface area (Å²) in [6, 6.07) is 18.5. The SMILES string of the molecule is CCOC(=O)c1ccc(N2C(=O)C(=O)/C(=C(/O)c3ccc(Cl)cc3)C2c2cccc(OC)c2)cc1. The maximum absolute atomic E-state index is 13.3. The molecule has 1 fully saturated rings. The number of ketones is 1. The number of aliphatic hydroxyl groups is 1. The van der Waals surface area contributed by atoms with Crippen molar-refractivity contribution in [2.45, 2.75) is 13.0 Å². The second-order valence-corrected chi connectivity index (χ2v) is 8.16. The molecule has 3 aromatic rings. The monoisotopic (exact) mass is 491 g/mol. The number of hydrogen-bond donors (Lipinski definition) is 1. The highest BCUT2D eigenvalue weighted by Crippen LogP contribution is 2.43. The van der Waals surface area contributed by atoms with Crippen molar-refractivity contribution in [1.82, 2.24) is 0 Å². The van der Waals surface area contributed by atoms with E-state index in [0.29, 0.717) is 33.1 Å². The standard InChI is InChI=1S/C27H22ClNO6/c1-3-35-27(33)17-9-13-20(14-10-17)29-23(18-5-4-6-21(15-18)34-2)22(25(31)26(29)32)24(30)16-7-11-19(28)12-8-16/h4-15,23,30H,3H2,1-2H3/b24-22+. The fourth-order valence-electron chi connectivity index (χ4n) is 3.96. The summed E-state index contributed by atoms with van der Waals surface area (Å²) in [4.78, 5) is 39.8. The molecule has 1 amide bonds. The summed E-state index contributed by atoms with van der Waals surface area (Å²) < 4.78 is 10.4. The van der Waals surface area contributed by atoms with Gasteiger partial charge in [0.05, 0.1) is 30.9 Å². The van der Waals surface area contributed by atoms with Gasteiger partial charge >= 0.3 is 5.97 Å². The van der Waals surface area contributed by atoms with Crippen LogP contribution in [-0.4, -0.2) is 36.5 Å². The van der Waals surface area contributed by atoms with Crippen LogP contribution in [0.1, 0.15) is 34.5 Å². The third-order valence-corrected chi connectivity index (χ3v) is 5.88. The van der Waals surface area contributed by atoms with Crippen LogP contribution in [0.2, 0.25) is 5.02 Å². The summed E-state index contributed by atoms with van der Waals surface area (Å²) in [5.74, 6) is -1.93. The van der Waals surface area contributed by atoms with Gasteiger partial charge in [-0.3, -0.25) is 14.5 Å². The van der Waals surface area contributed by atoms with Gasteiger partial charge in [-0.1, -0.05) is 23.7 Å². The van der Waals surface area contributed by atoms with E-state index in [1.807, 2.05) is 0 Å². The molecule has 3 aromatic carbocycles. The highest BCUT2D eigenvalue weighted by Gasteiger charge is 2.47. The number of hydrogen-bond acceptors (Lipinski definition) is 6. The first-order valence-corrected chi connectivity index (χ1v) is 11.2. The number of benzene rings is 3. The number of carbonyl (C=O) groups is 3. The van der Waals surface area contributed by atoms with Crippen molar-refractivity contribution in [3.8, 4) is 5.75 Å². The van der Waals surface area contributed by atoms with Gasteiger partial charge in [-0.25, -0.2) is 4.79 Å². The number of nitrogens with zero attached hydrogens (tertiary/aromatic N) is 1. The number of esters is 1. The lowest BCUT2D eigenvalue weighted by atomic mass is 9.95. The molecule has 1 heterocycles. The molecule has 1 aliphatic heterocycles. The van der Waals surface area contributed by atoms with Crippen LogP contribution in [0.5, 0.6) is 5.75 Å². The van der Waals surface area contributed by atoms with Crippen LogP contribution in [-0.2, 0) is 14.3 Å². The van der Waals surface area contributed by atoms with Crippen molar-refractivity contribution in [3.63, 3.8) is 0 Å². The second kappa shape index (κ2) is 10.0. The molecule has 35 heavy (non-hydrogen) atoms. The van der Waals surface area contributed by atoms with Crippen LogP contribution in [0.25, 0.3) is 5.76 Å². The number of methoxy groups -OCH3 is 1. The molecule has 0 radical (unpaired) electrons. The summed E-state index contributed by atoms with van der Waals surface area (Å²) >= 11 is 5.97. The normalized spacial score (nSPS) is 16.9. The molecule has 1 aliphatic rings. The van der Waals surface area contributed by atoms with Gasteiger partial charge in [0.2, 0.25) is 0 Å². The number of aliphatic hydroxyl groups excluding tert-OH is 1. The van der Waals surface area contributed by atoms with Gasteiger partial charge in [0.15, 0.2) is 0 Å². The van der Waals surface area contributed by atoms with Gasteiger partial charge < -0.3 is 14.6 Å². The Bertz CT molecular complexity index is 1310. The average molecular weight is 492 g/mol. The zero-order chi connectivity index (χ0) is 25.1. The highest BCUT2D eigenvalue weighted by molar-refractivity contribution is 6.51. The number of halogens is 1. The Hall–Kier alpha value is -4.10. The summed E-state index contributed by atoms with van der Waals surface area (Å²) in [6.07, 6.45) is 0. The summed E-state index contributed by atoms with van der Waals surface area (Å²) in [6.45, 7) is 1.94. The third kappa shape index (κ3) is 4.63. The Morgan fingerprint density at radius 2 is 1.66 bits per heavy atom. The zero-order valence-corrected chi connectivity index (χ0v) is 19.8. The van der Waals surface area contributed by atoms with E-state index in [9.17, 15) is 19.5 Å². The van der Waals surface area contributed by atoms with E-state index in [1.54, 1.807) is 67.6 Å². The number of ether oxygens (including phenoxy) is 2. The predicted octanol–water partition coefficient (Wildman–Crippen LogP) is 5.15. The Balaban J connectivity index is 1.87. The van der Waals surface area contributed by atoms with Crippen LogP contribution in [0.4, 0.5) is 5.69 Å². The van der Waals surface area contributed by atoms with Crippen molar-refractivity contribution in [1.29, 1.82) is 0 Å². The van der Waals surface area contributed by atoms with Crippen LogP contribution < -0.4 is 9.64 Å². The molecule has 8 heteroatoms. The van der Waals surface area contributed by atoms with E-state index in [4.69, 9.17) is 21.1 Å². The van der Waals surface area contributed by atoms with Crippen molar-refractivity contribution in [3.05, 3.63) is 100 Å². The summed E-state index contributed by atoms with van der Waals surface area (Å²) in [5.41, 5.74) is 1.53. The average Bonchev–Trinajstić information content (AvgIpc) is 3.14. The minimum absolute atomic E-state index is 0.0694.